The van der Waals surface area contributed by atoms with Gasteiger partial charge in [-0.2, -0.15) is 4.31 Å². The molecule has 29 heavy (non-hydrogen) atoms. The van der Waals surface area contributed by atoms with E-state index < -0.39 is 21.9 Å². The Labute approximate surface area is 169 Å². The van der Waals surface area contributed by atoms with Crippen LogP contribution in [0.3, 0.4) is 0 Å². The maximum absolute atomic E-state index is 14.4. The molecule has 6 nitrogen and oxygen atoms in total. The molecule has 1 atom stereocenters. The second-order valence-electron chi connectivity index (χ2n) is 6.68. The Kier molecular flexibility index (Phi) is 5.06. The third-order valence-electron chi connectivity index (χ3n) is 5.15. The molecule has 3 aromatic rings. The summed E-state index contributed by atoms with van der Waals surface area (Å²) in [7, 11) is -1.02. The van der Waals surface area contributed by atoms with E-state index in [-0.39, 0.29) is 11.4 Å². The molecule has 0 bridgehead atoms. The largest absolute Gasteiger partial charge is 0.497 e. The standard InChI is InChI=1S/C21H21FN2O4S/c1-27-15-9-10-16(19(14-15)28-2)21-18-7-5-11-23(18)12-13-24(21)29(25,26)20-8-4-3-6-17(20)22/h3-11,14,21H,12-13H2,1-2H3. The summed E-state index contributed by atoms with van der Waals surface area (Å²) in [5.74, 6) is 0.326. The van der Waals surface area contributed by atoms with Crippen LogP contribution >= 0.6 is 0 Å². The van der Waals surface area contributed by atoms with Gasteiger partial charge in [-0.3, -0.25) is 0 Å². The van der Waals surface area contributed by atoms with Crippen LogP contribution in [0, 0.1) is 5.82 Å². The van der Waals surface area contributed by atoms with Crippen LogP contribution in [0.5, 0.6) is 11.5 Å². The summed E-state index contributed by atoms with van der Waals surface area (Å²) in [6.07, 6.45) is 1.91. The molecule has 0 spiro atoms. The van der Waals surface area contributed by atoms with Gasteiger partial charge in [-0.1, -0.05) is 12.1 Å². The lowest BCUT2D eigenvalue weighted by Gasteiger charge is -2.36. The van der Waals surface area contributed by atoms with Crippen molar-refractivity contribution < 1.29 is 22.3 Å². The molecule has 1 aliphatic rings. The number of benzene rings is 2. The lowest BCUT2D eigenvalue weighted by Crippen LogP contribution is -2.42. The molecule has 2 aromatic carbocycles. The van der Waals surface area contributed by atoms with E-state index in [1.54, 1.807) is 25.3 Å². The van der Waals surface area contributed by atoms with Crippen LogP contribution in [-0.4, -0.2) is 38.1 Å². The Hall–Kier alpha value is -2.84. The number of aromatic nitrogens is 1. The molecule has 0 amide bonds. The number of hydrogen-bond acceptors (Lipinski definition) is 4. The molecule has 1 aliphatic heterocycles. The smallest absolute Gasteiger partial charge is 0.246 e. The fourth-order valence-electron chi connectivity index (χ4n) is 3.76. The Balaban J connectivity index is 1.90. The predicted molar refractivity (Wildman–Crippen MR) is 106 cm³/mol. The van der Waals surface area contributed by atoms with Gasteiger partial charge >= 0.3 is 0 Å². The normalized spacial score (nSPS) is 17.0. The van der Waals surface area contributed by atoms with Crippen molar-refractivity contribution >= 4 is 10.0 Å². The molecular weight excluding hydrogens is 395 g/mol. The first kappa shape index (κ1) is 19.5. The van der Waals surface area contributed by atoms with Gasteiger partial charge in [-0.15, -0.1) is 0 Å². The highest BCUT2D eigenvalue weighted by Gasteiger charge is 2.40. The Morgan fingerprint density at radius 2 is 1.79 bits per heavy atom. The summed E-state index contributed by atoms with van der Waals surface area (Å²) in [5, 5.41) is 0. The molecule has 0 aliphatic carbocycles. The topological polar surface area (TPSA) is 60.8 Å². The second-order valence-corrected chi connectivity index (χ2v) is 8.54. The molecule has 0 fully saturated rings. The third-order valence-corrected chi connectivity index (χ3v) is 7.05. The molecule has 4 rings (SSSR count). The Bertz CT molecular complexity index is 1140. The van der Waals surface area contributed by atoms with Gasteiger partial charge in [-0.05, 0) is 36.4 Å². The van der Waals surface area contributed by atoms with Gasteiger partial charge in [0.1, 0.15) is 22.2 Å². The third kappa shape index (κ3) is 3.28. The molecule has 0 N–H and O–H groups in total. The summed E-state index contributed by atoms with van der Waals surface area (Å²) in [6.45, 7) is 0.684. The minimum Gasteiger partial charge on any atom is -0.497 e. The second kappa shape index (κ2) is 7.53. The van der Waals surface area contributed by atoms with E-state index in [2.05, 4.69) is 0 Å². The highest BCUT2D eigenvalue weighted by molar-refractivity contribution is 7.89. The van der Waals surface area contributed by atoms with Gasteiger partial charge in [-0.25, -0.2) is 12.8 Å². The number of sulfonamides is 1. The van der Waals surface area contributed by atoms with E-state index in [0.29, 0.717) is 23.6 Å². The maximum atomic E-state index is 14.4. The van der Waals surface area contributed by atoms with Crippen molar-refractivity contribution in [2.24, 2.45) is 0 Å². The predicted octanol–water partition coefficient (Wildman–Crippen LogP) is 3.44. The minimum absolute atomic E-state index is 0.207. The Morgan fingerprint density at radius 1 is 1.00 bits per heavy atom. The number of ether oxygens (including phenoxy) is 2. The number of hydrogen-bond donors (Lipinski definition) is 0. The van der Waals surface area contributed by atoms with E-state index >= 15 is 0 Å². The van der Waals surface area contributed by atoms with Gasteiger partial charge < -0.3 is 14.0 Å². The fraction of sp³-hybridized carbons (Fsp3) is 0.238. The molecule has 0 saturated heterocycles. The Morgan fingerprint density at radius 3 is 2.52 bits per heavy atom. The average molecular weight is 416 g/mol. The van der Waals surface area contributed by atoms with Crippen molar-refractivity contribution in [3.63, 3.8) is 0 Å². The first-order valence-electron chi connectivity index (χ1n) is 9.10. The van der Waals surface area contributed by atoms with Crippen LogP contribution in [0.2, 0.25) is 0 Å². The maximum Gasteiger partial charge on any atom is 0.246 e. The van der Waals surface area contributed by atoms with Crippen LogP contribution in [0.25, 0.3) is 0 Å². The van der Waals surface area contributed by atoms with Gasteiger partial charge in [0.15, 0.2) is 0 Å². The summed E-state index contributed by atoms with van der Waals surface area (Å²) >= 11 is 0. The number of methoxy groups -OCH3 is 2. The minimum atomic E-state index is -4.09. The summed E-state index contributed by atoms with van der Waals surface area (Å²) in [5.41, 5.74) is 1.45. The number of halogens is 1. The number of rotatable bonds is 5. The summed E-state index contributed by atoms with van der Waals surface area (Å²) in [4.78, 5) is -0.336. The van der Waals surface area contributed by atoms with Crippen LogP contribution in [0.4, 0.5) is 4.39 Å². The van der Waals surface area contributed by atoms with E-state index in [9.17, 15) is 12.8 Å². The van der Waals surface area contributed by atoms with E-state index in [1.165, 1.54) is 29.6 Å². The monoisotopic (exact) mass is 416 g/mol. The molecule has 2 heterocycles. The van der Waals surface area contributed by atoms with Crippen molar-refractivity contribution in [1.29, 1.82) is 0 Å². The first-order valence-corrected chi connectivity index (χ1v) is 10.5. The van der Waals surface area contributed by atoms with Crippen molar-refractivity contribution in [3.8, 4) is 11.5 Å². The van der Waals surface area contributed by atoms with Gasteiger partial charge in [0, 0.05) is 36.6 Å². The number of nitrogens with zero attached hydrogens (tertiary/aromatic N) is 2. The zero-order chi connectivity index (χ0) is 20.6. The van der Waals surface area contributed by atoms with Crippen molar-refractivity contribution in [2.45, 2.75) is 17.5 Å². The lowest BCUT2D eigenvalue weighted by atomic mass is 10.0. The summed E-state index contributed by atoms with van der Waals surface area (Å²) in [6, 6.07) is 13.8. The molecule has 8 heteroatoms. The van der Waals surface area contributed by atoms with Crippen LogP contribution < -0.4 is 9.47 Å². The fourth-order valence-corrected chi connectivity index (χ4v) is 5.40. The summed E-state index contributed by atoms with van der Waals surface area (Å²) < 4.78 is 55.5. The molecule has 0 saturated carbocycles. The van der Waals surface area contributed by atoms with Gasteiger partial charge in [0.25, 0.3) is 0 Å². The molecule has 152 valence electrons. The number of fused-ring (bicyclic) bond motifs is 1. The highest BCUT2D eigenvalue weighted by atomic mass is 32.2. The van der Waals surface area contributed by atoms with Crippen LogP contribution in [0.15, 0.2) is 65.7 Å². The van der Waals surface area contributed by atoms with Gasteiger partial charge in [0.05, 0.1) is 20.3 Å². The van der Waals surface area contributed by atoms with Crippen LogP contribution in [-0.2, 0) is 16.6 Å². The first-order chi connectivity index (χ1) is 14.0. The molecule has 0 radical (unpaired) electrons. The zero-order valence-electron chi connectivity index (χ0n) is 16.1. The van der Waals surface area contributed by atoms with Crippen molar-refractivity contribution in [1.82, 2.24) is 8.87 Å². The molecule has 1 unspecified atom stereocenters. The SMILES string of the molecule is COc1ccc(C2c3cccn3CCN2S(=O)(=O)c2ccccc2F)c(OC)c1. The zero-order valence-corrected chi connectivity index (χ0v) is 16.9. The van der Waals surface area contributed by atoms with E-state index in [1.807, 2.05) is 22.9 Å². The van der Waals surface area contributed by atoms with Crippen LogP contribution in [0.1, 0.15) is 17.3 Å². The van der Waals surface area contributed by atoms with E-state index in [0.717, 1.165) is 11.8 Å². The van der Waals surface area contributed by atoms with Crippen molar-refractivity contribution in [2.75, 3.05) is 20.8 Å². The quantitative estimate of drug-likeness (QED) is 0.639. The van der Waals surface area contributed by atoms with Gasteiger partial charge in [0.2, 0.25) is 10.0 Å². The van der Waals surface area contributed by atoms with E-state index in [4.69, 9.17) is 9.47 Å². The molecule has 1 aromatic heterocycles. The molecular formula is C21H21FN2O4S. The van der Waals surface area contributed by atoms with Crippen molar-refractivity contribution in [3.05, 3.63) is 77.9 Å². The lowest BCUT2D eigenvalue weighted by molar-refractivity contribution is 0.289. The average Bonchev–Trinajstić information content (AvgIpc) is 3.21. The highest BCUT2D eigenvalue weighted by Crippen LogP contribution is 2.41.